The van der Waals surface area contributed by atoms with Gasteiger partial charge in [-0.25, -0.2) is 9.97 Å². The maximum atomic E-state index is 4.13. The molecule has 0 saturated carbocycles. The lowest BCUT2D eigenvalue weighted by Crippen LogP contribution is -2.38. The van der Waals surface area contributed by atoms with E-state index in [0.717, 1.165) is 12.3 Å². The minimum absolute atomic E-state index is 0.951. The maximum Gasteiger partial charge on any atom is 0.137 e. The smallest absolute Gasteiger partial charge is 0.137 e. The summed E-state index contributed by atoms with van der Waals surface area (Å²) in [4.78, 5) is 7.89. The van der Waals surface area contributed by atoms with E-state index in [0.29, 0.717) is 0 Å². The molecule has 0 fully saturated rings. The Kier molecular flexibility index (Phi) is 2.63. The molecule has 2 heterocycles. The molecule has 15 heavy (non-hydrogen) atoms. The Labute approximate surface area is 89.0 Å². The molecule has 0 atom stereocenters. The SMILES string of the molecule is C[Si](C)(Cn1cncn1)Cn1cncn1. The van der Waals surface area contributed by atoms with Crippen LogP contribution >= 0.6 is 0 Å². The van der Waals surface area contributed by atoms with E-state index in [1.54, 1.807) is 25.3 Å². The summed E-state index contributed by atoms with van der Waals surface area (Å²) in [5.74, 6) is 0. The third-order valence-corrected chi connectivity index (χ3v) is 4.47. The lowest BCUT2D eigenvalue weighted by atomic mass is 11.2. The van der Waals surface area contributed by atoms with Crippen molar-refractivity contribution in [3.8, 4) is 0 Å². The molecule has 0 aromatic carbocycles. The molecule has 7 heteroatoms. The Bertz CT molecular complexity index is 354. The fourth-order valence-corrected chi connectivity index (χ4v) is 3.74. The molecule has 0 bridgehead atoms. The lowest BCUT2D eigenvalue weighted by molar-refractivity contribution is 0.673. The van der Waals surface area contributed by atoms with E-state index in [1.165, 1.54) is 0 Å². The molecule has 0 unspecified atom stereocenters. The highest BCUT2D eigenvalue weighted by atomic mass is 28.3. The fourth-order valence-electron chi connectivity index (χ4n) is 1.56. The normalized spacial score (nSPS) is 11.9. The average Bonchev–Trinajstić information content (AvgIpc) is 2.75. The molecule has 0 amide bonds. The summed E-state index contributed by atoms with van der Waals surface area (Å²) in [6, 6.07) is 0. The van der Waals surface area contributed by atoms with Crippen LogP contribution in [0.3, 0.4) is 0 Å². The Morgan fingerprint density at radius 1 is 0.933 bits per heavy atom. The van der Waals surface area contributed by atoms with Crippen molar-refractivity contribution in [3.63, 3.8) is 0 Å². The molecule has 0 aliphatic carbocycles. The highest BCUT2D eigenvalue weighted by Gasteiger charge is 2.23. The van der Waals surface area contributed by atoms with Gasteiger partial charge in [-0.3, -0.25) is 9.36 Å². The van der Waals surface area contributed by atoms with Gasteiger partial charge in [-0.05, 0) is 0 Å². The van der Waals surface area contributed by atoms with Gasteiger partial charge in [0.2, 0.25) is 0 Å². The van der Waals surface area contributed by atoms with Crippen LogP contribution in [-0.2, 0) is 12.3 Å². The second-order valence-corrected chi connectivity index (χ2v) is 9.31. The predicted octanol–water partition coefficient (Wildman–Crippen LogP) is 0.357. The second-order valence-electron chi connectivity index (χ2n) is 4.35. The van der Waals surface area contributed by atoms with E-state index < -0.39 is 8.07 Å². The Hall–Kier alpha value is -1.50. The van der Waals surface area contributed by atoms with Gasteiger partial charge in [0.05, 0.1) is 8.07 Å². The van der Waals surface area contributed by atoms with Crippen LogP contribution in [0.25, 0.3) is 0 Å². The summed E-state index contributed by atoms with van der Waals surface area (Å²) >= 11 is 0. The number of aromatic nitrogens is 6. The molecule has 2 aromatic rings. The Morgan fingerprint density at radius 3 is 1.73 bits per heavy atom. The summed E-state index contributed by atoms with van der Waals surface area (Å²) < 4.78 is 3.78. The van der Waals surface area contributed by atoms with Crippen molar-refractivity contribution in [2.75, 3.05) is 0 Å². The summed E-state index contributed by atoms with van der Waals surface area (Å²) in [7, 11) is -1.39. The van der Waals surface area contributed by atoms with Crippen molar-refractivity contribution >= 4 is 8.07 Å². The van der Waals surface area contributed by atoms with Crippen molar-refractivity contribution in [1.29, 1.82) is 0 Å². The van der Waals surface area contributed by atoms with Gasteiger partial charge in [0.1, 0.15) is 25.3 Å². The molecule has 6 nitrogen and oxygen atoms in total. The van der Waals surface area contributed by atoms with Crippen LogP contribution in [0.5, 0.6) is 0 Å². The van der Waals surface area contributed by atoms with E-state index in [-0.39, 0.29) is 0 Å². The molecule has 2 rings (SSSR count). The van der Waals surface area contributed by atoms with Crippen molar-refractivity contribution < 1.29 is 0 Å². The maximum absolute atomic E-state index is 4.13. The van der Waals surface area contributed by atoms with Gasteiger partial charge in [-0.15, -0.1) is 0 Å². The molecule has 0 radical (unpaired) electrons. The molecule has 80 valence electrons. The monoisotopic (exact) mass is 222 g/mol. The highest BCUT2D eigenvalue weighted by molar-refractivity contribution is 6.75. The van der Waals surface area contributed by atoms with Crippen molar-refractivity contribution in [2.24, 2.45) is 0 Å². The van der Waals surface area contributed by atoms with Crippen molar-refractivity contribution in [1.82, 2.24) is 29.5 Å². The molecule has 0 N–H and O–H groups in total. The quantitative estimate of drug-likeness (QED) is 0.701. The molecule has 0 saturated heterocycles. The summed E-state index contributed by atoms with van der Waals surface area (Å²) in [5, 5.41) is 8.25. The number of hydrogen-bond donors (Lipinski definition) is 0. The van der Waals surface area contributed by atoms with Gasteiger partial charge in [-0.1, -0.05) is 13.1 Å². The standard InChI is InChI=1S/C8H14N6Si/c1-15(2,7-13-5-9-3-11-13)8-14-6-10-4-12-14/h3-6H,7-8H2,1-2H3. The van der Waals surface area contributed by atoms with Gasteiger partial charge >= 0.3 is 0 Å². The van der Waals surface area contributed by atoms with Crippen LogP contribution in [0.4, 0.5) is 0 Å². The van der Waals surface area contributed by atoms with Gasteiger partial charge in [-0.2, -0.15) is 10.2 Å². The Balaban J connectivity index is 2.01. The second kappa shape index (κ2) is 3.93. The highest BCUT2D eigenvalue weighted by Crippen LogP contribution is 2.07. The van der Waals surface area contributed by atoms with E-state index >= 15 is 0 Å². The van der Waals surface area contributed by atoms with Crippen LogP contribution in [0.1, 0.15) is 0 Å². The van der Waals surface area contributed by atoms with E-state index in [1.807, 2.05) is 9.36 Å². The van der Waals surface area contributed by atoms with Crippen LogP contribution in [-0.4, -0.2) is 37.6 Å². The van der Waals surface area contributed by atoms with E-state index in [2.05, 4.69) is 33.3 Å². The predicted molar refractivity (Wildman–Crippen MR) is 57.5 cm³/mol. The molecule has 0 aliphatic rings. The first kappa shape index (κ1) is 10.0. The lowest BCUT2D eigenvalue weighted by Gasteiger charge is -2.21. The van der Waals surface area contributed by atoms with Crippen LogP contribution in [0.15, 0.2) is 25.3 Å². The van der Waals surface area contributed by atoms with Gasteiger partial charge < -0.3 is 0 Å². The third kappa shape index (κ3) is 2.72. The first-order valence-corrected chi connectivity index (χ1v) is 8.22. The first-order chi connectivity index (χ1) is 7.16. The Morgan fingerprint density at radius 2 is 1.40 bits per heavy atom. The number of nitrogens with zero attached hydrogens (tertiary/aromatic N) is 6. The summed E-state index contributed by atoms with van der Waals surface area (Å²) in [5.41, 5.74) is 0. The van der Waals surface area contributed by atoms with Crippen LogP contribution in [0.2, 0.25) is 13.1 Å². The van der Waals surface area contributed by atoms with E-state index in [4.69, 9.17) is 0 Å². The zero-order valence-corrected chi connectivity index (χ0v) is 9.91. The van der Waals surface area contributed by atoms with Crippen LogP contribution < -0.4 is 0 Å². The molecule has 0 aliphatic heterocycles. The van der Waals surface area contributed by atoms with Crippen molar-refractivity contribution in [2.45, 2.75) is 25.4 Å². The zero-order valence-electron chi connectivity index (χ0n) is 8.91. The molecular weight excluding hydrogens is 208 g/mol. The summed E-state index contributed by atoms with van der Waals surface area (Å²) in [6.07, 6.45) is 8.56. The summed E-state index contributed by atoms with van der Waals surface area (Å²) in [6.45, 7) is 4.60. The largest absolute Gasteiger partial charge is 0.256 e. The average molecular weight is 222 g/mol. The fraction of sp³-hybridized carbons (Fsp3) is 0.500. The minimum atomic E-state index is -1.39. The number of rotatable bonds is 4. The molecule has 0 spiro atoms. The van der Waals surface area contributed by atoms with Crippen LogP contribution in [0, 0.1) is 0 Å². The zero-order chi connectivity index (χ0) is 10.7. The van der Waals surface area contributed by atoms with E-state index in [9.17, 15) is 0 Å². The van der Waals surface area contributed by atoms with Crippen molar-refractivity contribution in [3.05, 3.63) is 25.3 Å². The van der Waals surface area contributed by atoms with Gasteiger partial charge in [0.25, 0.3) is 0 Å². The first-order valence-electron chi connectivity index (χ1n) is 4.81. The van der Waals surface area contributed by atoms with Gasteiger partial charge in [0.15, 0.2) is 0 Å². The topological polar surface area (TPSA) is 61.4 Å². The molecule has 2 aromatic heterocycles. The molecular formula is C8H14N6Si. The number of hydrogen-bond acceptors (Lipinski definition) is 4. The van der Waals surface area contributed by atoms with Gasteiger partial charge in [0, 0.05) is 12.3 Å². The third-order valence-electron chi connectivity index (χ3n) is 2.11. The minimum Gasteiger partial charge on any atom is -0.256 e.